The first-order chi connectivity index (χ1) is 7.25. The van der Waals surface area contributed by atoms with E-state index in [1.54, 1.807) is 7.05 Å². The molecule has 1 rings (SSSR count). The number of ether oxygens (including phenoxy) is 1. The Morgan fingerprint density at radius 3 is 2.67 bits per heavy atom. The van der Waals surface area contributed by atoms with Crippen LogP contribution in [0.5, 0.6) is 0 Å². The number of para-hydroxylation sites is 1. The number of nitrogens with zero attached hydrogens (tertiary/aromatic N) is 1. The molecule has 0 bridgehead atoms. The monoisotopic (exact) mass is 207 g/mol. The molecule has 1 aromatic rings. The zero-order valence-electron chi connectivity index (χ0n) is 8.55. The van der Waals surface area contributed by atoms with E-state index in [2.05, 4.69) is 0 Å². The maximum absolute atomic E-state index is 11.5. The summed E-state index contributed by atoms with van der Waals surface area (Å²) in [7, 11) is 1.67. The van der Waals surface area contributed by atoms with Crippen molar-refractivity contribution in [1.82, 2.24) is 0 Å². The van der Waals surface area contributed by atoms with Crippen molar-refractivity contribution in [3.63, 3.8) is 0 Å². The van der Waals surface area contributed by atoms with E-state index >= 15 is 0 Å². The van der Waals surface area contributed by atoms with Gasteiger partial charge in [0.05, 0.1) is 0 Å². The highest BCUT2D eigenvalue weighted by Gasteiger charge is 2.09. The van der Waals surface area contributed by atoms with E-state index in [1.165, 1.54) is 4.90 Å². The smallest absolute Gasteiger partial charge is 0.252 e. The predicted octanol–water partition coefficient (Wildman–Crippen LogP) is 0.865. The molecule has 0 aromatic heterocycles. The standard InChI is InChI=1S/C11H13NO3/c1-12(10-5-3-2-4-6-10)11(14)9-15-8-7-13/h2-7H,8-9H2,1H3. The van der Waals surface area contributed by atoms with Gasteiger partial charge in [0.2, 0.25) is 0 Å². The van der Waals surface area contributed by atoms with Crippen molar-refractivity contribution in [1.29, 1.82) is 0 Å². The van der Waals surface area contributed by atoms with Gasteiger partial charge >= 0.3 is 0 Å². The molecular formula is C11H13NO3. The molecule has 80 valence electrons. The Morgan fingerprint density at radius 2 is 2.07 bits per heavy atom. The lowest BCUT2D eigenvalue weighted by atomic mass is 10.3. The van der Waals surface area contributed by atoms with Crippen molar-refractivity contribution in [3.8, 4) is 0 Å². The first kappa shape index (κ1) is 11.4. The molecule has 4 heteroatoms. The molecule has 0 unspecified atom stereocenters. The molecule has 0 heterocycles. The number of likely N-dealkylation sites (N-methyl/N-ethyl adjacent to an activating group) is 1. The lowest BCUT2D eigenvalue weighted by molar-refractivity contribution is -0.124. The van der Waals surface area contributed by atoms with E-state index in [-0.39, 0.29) is 19.1 Å². The zero-order valence-corrected chi connectivity index (χ0v) is 8.55. The summed E-state index contributed by atoms with van der Waals surface area (Å²) >= 11 is 0. The first-order valence-corrected chi connectivity index (χ1v) is 4.58. The molecule has 0 fully saturated rings. The lowest BCUT2D eigenvalue weighted by Gasteiger charge is -2.16. The minimum Gasteiger partial charge on any atom is -0.364 e. The Hall–Kier alpha value is -1.68. The number of benzene rings is 1. The highest BCUT2D eigenvalue weighted by Crippen LogP contribution is 2.10. The Bertz CT molecular complexity index is 324. The average molecular weight is 207 g/mol. The van der Waals surface area contributed by atoms with Gasteiger partial charge in [-0.05, 0) is 12.1 Å². The van der Waals surface area contributed by atoms with Crippen molar-refractivity contribution in [3.05, 3.63) is 30.3 Å². The van der Waals surface area contributed by atoms with Crippen LogP contribution in [0.15, 0.2) is 30.3 Å². The molecule has 1 aromatic carbocycles. The molecule has 0 atom stereocenters. The number of hydrogen-bond acceptors (Lipinski definition) is 3. The number of rotatable bonds is 5. The maximum Gasteiger partial charge on any atom is 0.252 e. The second-order valence-corrected chi connectivity index (χ2v) is 2.97. The van der Waals surface area contributed by atoms with Gasteiger partial charge in [-0.25, -0.2) is 0 Å². The topological polar surface area (TPSA) is 46.6 Å². The fraction of sp³-hybridized carbons (Fsp3) is 0.273. The fourth-order valence-corrected chi connectivity index (χ4v) is 1.09. The summed E-state index contributed by atoms with van der Waals surface area (Å²) in [5, 5.41) is 0. The number of carbonyl (C=O) groups is 2. The van der Waals surface area contributed by atoms with Gasteiger partial charge in [0, 0.05) is 12.7 Å². The van der Waals surface area contributed by atoms with Crippen LogP contribution in [-0.4, -0.2) is 32.5 Å². The molecule has 4 nitrogen and oxygen atoms in total. The first-order valence-electron chi connectivity index (χ1n) is 4.58. The van der Waals surface area contributed by atoms with E-state index in [0.717, 1.165) is 5.69 Å². The molecule has 0 radical (unpaired) electrons. The summed E-state index contributed by atoms with van der Waals surface area (Å²) in [5.74, 6) is -0.178. The third kappa shape index (κ3) is 3.52. The van der Waals surface area contributed by atoms with Gasteiger partial charge in [-0.2, -0.15) is 0 Å². The quantitative estimate of drug-likeness (QED) is 0.531. The van der Waals surface area contributed by atoms with Crippen LogP contribution in [0.3, 0.4) is 0 Å². The minimum atomic E-state index is -0.178. The summed E-state index contributed by atoms with van der Waals surface area (Å²) in [4.78, 5) is 23.0. The van der Waals surface area contributed by atoms with Crippen molar-refractivity contribution in [2.45, 2.75) is 0 Å². The average Bonchev–Trinajstić information content (AvgIpc) is 2.29. The Balaban J connectivity index is 2.50. The van der Waals surface area contributed by atoms with Crippen molar-refractivity contribution in [2.24, 2.45) is 0 Å². The summed E-state index contributed by atoms with van der Waals surface area (Å²) in [5.41, 5.74) is 0.803. The van der Waals surface area contributed by atoms with E-state index in [4.69, 9.17) is 4.74 Å². The van der Waals surface area contributed by atoms with Crippen molar-refractivity contribution in [2.75, 3.05) is 25.2 Å². The van der Waals surface area contributed by atoms with Crippen LogP contribution in [0.2, 0.25) is 0 Å². The molecule has 0 aliphatic carbocycles. The summed E-state index contributed by atoms with van der Waals surface area (Å²) < 4.78 is 4.83. The lowest BCUT2D eigenvalue weighted by Crippen LogP contribution is -2.30. The molecular weight excluding hydrogens is 194 g/mol. The molecule has 0 saturated carbocycles. The highest BCUT2D eigenvalue weighted by atomic mass is 16.5. The number of aldehydes is 1. The third-order valence-corrected chi connectivity index (χ3v) is 1.93. The number of hydrogen-bond donors (Lipinski definition) is 0. The maximum atomic E-state index is 11.5. The number of amides is 1. The largest absolute Gasteiger partial charge is 0.364 e. The van der Waals surface area contributed by atoms with Gasteiger partial charge in [-0.15, -0.1) is 0 Å². The van der Waals surface area contributed by atoms with Crippen LogP contribution in [0.4, 0.5) is 5.69 Å². The molecule has 1 amide bonds. The molecule has 0 spiro atoms. The third-order valence-electron chi connectivity index (χ3n) is 1.93. The van der Waals surface area contributed by atoms with Gasteiger partial charge < -0.3 is 14.4 Å². The van der Waals surface area contributed by atoms with Crippen LogP contribution >= 0.6 is 0 Å². The minimum absolute atomic E-state index is 0.0473. The number of anilines is 1. The van der Waals surface area contributed by atoms with Crippen molar-refractivity contribution >= 4 is 17.9 Å². The fourth-order valence-electron chi connectivity index (χ4n) is 1.09. The Labute approximate surface area is 88.5 Å². The van der Waals surface area contributed by atoms with Gasteiger partial charge in [-0.1, -0.05) is 18.2 Å². The van der Waals surface area contributed by atoms with E-state index in [9.17, 15) is 9.59 Å². The van der Waals surface area contributed by atoms with Crippen LogP contribution in [-0.2, 0) is 14.3 Å². The predicted molar refractivity (Wildman–Crippen MR) is 56.7 cm³/mol. The SMILES string of the molecule is CN(C(=O)COCC=O)c1ccccc1. The highest BCUT2D eigenvalue weighted by molar-refractivity contribution is 5.93. The molecule has 0 aliphatic heterocycles. The Kier molecular flexibility index (Phi) is 4.50. The van der Waals surface area contributed by atoms with Gasteiger partial charge in [0.25, 0.3) is 5.91 Å². The van der Waals surface area contributed by atoms with Crippen LogP contribution in [0.1, 0.15) is 0 Å². The summed E-state index contributed by atoms with van der Waals surface area (Å²) in [6.45, 7) is -0.126. The van der Waals surface area contributed by atoms with Crippen molar-refractivity contribution < 1.29 is 14.3 Å². The van der Waals surface area contributed by atoms with E-state index in [1.807, 2.05) is 30.3 Å². The normalized spacial score (nSPS) is 9.67. The molecule has 15 heavy (non-hydrogen) atoms. The second-order valence-electron chi connectivity index (χ2n) is 2.97. The Morgan fingerprint density at radius 1 is 1.40 bits per heavy atom. The molecule has 0 saturated heterocycles. The van der Waals surface area contributed by atoms with Crippen LogP contribution in [0, 0.1) is 0 Å². The summed E-state index contributed by atoms with van der Waals surface area (Å²) in [6, 6.07) is 9.25. The van der Waals surface area contributed by atoms with Gasteiger partial charge in [-0.3, -0.25) is 4.79 Å². The number of carbonyl (C=O) groups excluding carboxylic acids is 2. The van der Waals surface area contributed by atoms with Crippen LogP contribution < -0.4 is 4.90 Å². The van der Waals surface area contributed by atoms with Gasteiger partial charge in [0.15, 0.2) is 0 Å². The van der Waals surface area contributed by atoms with E-state index < -0.39 is 0 Å². The summed E-state index contributed by atoms with van der Waals surface area (Å²) in [6.07, 6.45) is 0.621. The second kappa shape index (κ2) is 5.93. The molecule has 0 aliphatic rings. The zero-order chi connectivity index (χ0) is 11.1. The molecule has 0 N–H and O–H groups in total. The van der Waals surface area contributed by atoms with Crippen LogP contribution in [0.25, 0.3) is 0 Å². The van der Waals surface area contributed by atoms with Gasteiger partial charge in [0.1, 0.15) is 19.5 Å². The van der Waals surface area contributed by atoms with E-state index in [0.29, 0.717) is 6.29 Å².